The normalized spacial score (nSPS) is 19.6. The van der Waals surface area contributed by atoms with Crippen molar-refractivity contribution in [2.24, 2.45) is 0 Å². The Labute approximate surface area is 113 Å². The Hall–Kier alpha value is -0.650. The van der Waals surface area contributed by atoms with Crippen LogP contribution < -0.4 is 0 Å². The van der Waals surface area contributed by atoms with Crippen molar-refractivity contribution < 1.29 is 0 Å². The maximum absolute atomic E-state index is 3.83. The molecule has 0 radical (unpaired) electrons. The van der Waals surface area contributed by atoms with Gasteiger partial charge in [-0.2, -0.15) is 0 Å². The molecule has 0 aromatic heterocycles. The standard InChI is InChI=1S/C14H18NP.C2H6/c1-10-4-2-5-11-9-15(12-6-3-7-12)14(16)8-13(10)11;1-2/h2,4-5,12,16H,3,6-9H2,1H3;1-2H3. The lowest BCUT2D eigenvalue weighted by molar-refractivity contribution is 0.199. The second-order valence-corrected chi connectivity index (χ2v) is 5.63. The van der Waals surface area contributed by atoms with Crippen LogP contribution in [0.15, 0.2) is 18.2 Å². The molecule has 18 heavy (non-hydrogen) atoms. The molecule has 1 aliphatic heterocycles. The van der Waals surface area contributed by atoms with Gasteiger partial charge in [0.15, 0.2) is 0 Å². The Morgan fingerprint density at radius 1 is 1.22 bits per heavy atom. The van der Waals surface area contributed by atoms with Gasteiger partial charge in [-0.05, 0) is 36.5 Å². The molecule has 0 saturated heterocycles. The SMILES string of the molecule is CC.Cc1cccc2c1CC(=P)N(C1CCC1)C2. The van der Waals surface area contributed by atoms with Gasteiger partial charge in [-0.25, -0.2) is 0 Å². The average Bonchev–Trinajstić information content (AvgIpc) is 2.32. The van der Waals surface area contributed by atoms with E-state index in [1.807, 2.05) is 13.8 Å². The Bertz CT molecular complexity index is 435. The maximum atomic E-state index is 3.83. The van der Waals surface area contributed by atoms with E-state index in [1.54, 1.807) is 0 Å². The van der Waals surface area contributed by atoms with E-state index < -0.39 is 0 Å². The summed E-state index contributed by atoms with van der Waals surface area (Å²) in [5, 5.41) is 0. The number of nitrogens with zero attached hydrogens (tertiary/aromatic N) is 1. The van der Waals surface area contributed by atoms with Gasteiger partial charge in [-0.1, -0.05) is 38.5 Å². The fraction of sp³-hybridized carbons (Fsp3) is 0.562. The van der Waals surface area contributed by atoms with Crippen molar-refractivity contribution in [2.45, 2.75) is 59.0 Å². The van der Waals surface area contributed by atoms with Crippen LogP contribution in [0.4, 0.5) is 0 Å². The summed E-state index contributed by atoms with van der Waals surface area (Å²) < 4.78 is 0. The van der Waals surface area contributed by atoms with E-state index in [-0.39, 0.29) is 0 Å². The van der Waals surface area contributed by atoms with Crippen LogP contribution in [0, 0.1) is 6.92 Å². The highest BCUT2D eigenvalue weighted by Gasteiger charge is 2.30. The van der Waals surface area contributed by atoms with Crippen LogP contribution in [0.3, 0.4) is 0 Å². The Kier molecular flexibility index (Phi) is 4.59. The first-order valence-corrected chi connectivity index (χ1v) is 7.67. The van der Waals surface area contributed by atoms with E-state index in [4.69, 9.17) is 0 Å². The molecule has 0 unspecified atom stereocenters. The number of rotatable bonds is 1. The van der Waals surface area contributed by atoms with Gasteiger partial charge in [0.25, 0.3) is 0 Å². The zero-order valence-corrected chi connectivity index (χ0v) is 12.8. The molecule has 1 aromatic carbocycles. The summed E-state index contributed by atoms with van der Waals surface area (Å²) >= 11 is 0. The molecule has 2 heteroatoms. The third-order valence-electron chi connectivity index (χ3n) is 4.05. The fourth-order valence-electron chi connectivity index (χ4n) is 2.76. The molecule has 0 N–H and O–H groups in total. The van der Waals surface area contributed by atoms with Crippen LogP contribution in [0.5, 0.6) is 0 Å². The van der Waals surface area contributed by atoms with Crippen molar-refractivity contribution in [3.63, 3.8) is 0 Å². The Balaban J connectivity index is 0.000000574. The molecular formula is C16H24NP. The van der Waals surface area contributed by atoms with Gasteiger partial charge in [0, 0.05) is 24.4 Å². The average molecular weight is 261 g/mol. The summed E-state index contributed by atoms with van der Waals surface area (Å²) in [4.78, 5) is 2.56. The summed E-state index contributed by atoms with van der Waals surface area (Å²) in [6.07, 6.45) is 5.22. The van der Waals surface area contributed by atoms with Crippen LogP contribution in [0.25, 0.3) is 0 Å². The third-order valence-corrected chi connectivity index (χ3v) is 4.52. The van der Waals surface area contributed by atoms with Crippen LogP contribution in [0.2, 0.25) is 0 Å². The number of benzene rings is 1. The first kappa shape index (κ1) is 13.8. The first-order chi connectivity index (χ1) is 8.75. The van der Waals surface area contributed by atoms with E-state index in [1.165, 1.54) is 41.4 Å². The van der Waals surface area contributed by atoms with Crippen molar-refractivity contribution >= 4 is 14.3 Å². The maximum Gasteiger partial charge on any atom is 0.0287 e. The van der Waals surface area contributed by atoms with Gasteiger partial charge in [0.1, 0.15) is 0 Å². The topological polar surface area (TPSA) is 3.24 Å². The first-order valence-electron chi connectivity index (χ1n) is 7.17. The minimum atomic E-state index is 0.793. The summed E-state index contributed by atoms with van der Waals surface area (Å²) in [7, 11) is 3.83. The third kappa shape index (κ3) is 2.53. The van der Waals surface area contributed by atoms with Crippen LogP contribution in [0.1, 0.15) is 49.8 Å². The van der Waals surface area contributed by atoms with Gasteiger partial charge in [-0.15, -0.1) is 8.86 Å². The summed E-state index contributed by atoms with van der Waals surface area (Å²) in [6.45, 7) is 7.32. The lowest BCUT2D eigenvalue weighted by Crippen LogP contribution is -2.45. The minimum Gasteiger partial charge on any atom is -0.267 e. The van der Waals surface area contributed by atoms with E-state index in [9.17, 15) is 0 Å². The zero-order chi connectivity index (χ0) is 13.1. The predicted molar refractivity (Wildman–Crippen MR) is 82.7 cm³/mol. The second-order valence-electron chi connectivity index (χ2n) is 5.05. The molecule has 2 aliphatic rings. The van der Waals surface area contributed by atoms with Crippen molar-refractivity contribution in [1.82, 2.24) is 4.90 Å². The lowest BCUT2D eigenvalue weighted by atomic mass is 9.87. The second kappa shape index (κ2) is 5.99. The van der Waals surface area contributed by atoms with Crippen molar-refractivity contribution in [1.29, 1.82) is 0 Å². The smallest absolute Gasteiger partial charge is 0.0287 e. The molecule has 0 amide bonds. The lowest BCUT2D eigenvalue weighted by Gasteiger charge is -2.41. The molecule has 0 bridgehead atoms. The molecule has 0 spiro atoms. The summed E-state index contributed by atoms with van der Waals surface area (Å²) in [6, 6.07) is 7.48. The summed E-state index contributed by atoms with van der Waals surface area (Å²) in [5.41, 5.74) is 5.87. The molecule has 1 aliphatic carbocycles. The van der Waals surface area contributed by atoms with E-state index in [2.05, 4.69) is 38.9 Å². The molecule has 1 heterocycles. The van der Waals surface area contributed by atoms with Crippen LogP contribution in [-0.2, 0) is 13.0 Å². The van der Waals surface area contributed by atoms with Gasteiger partial charge in [0.05, 0.1) is 0 Å². The van der Waals surface area contributed by atoms with Gasteiger partial charge >= 0.3 is 0 Å². The van der Waals surface area contributed by atoms with Gasteiger partial charge in [-0.3, -0.25) is 4.90 Å². The van der Waals surface area contributed by atoms with Crippen LogP contribution >= 0.6 is 8.86 Å². The molecule has 98 valence electrons. The molecule has 1 fully saturated rings. The monoisotopic (exact) mass is 261 g/mol. The van der Waals surface area contributed by atoms with Crippen molar-refractivity contribution in [3.05, 3.63) is 34.9 Å². The molecular weight excluding hydrogens is 237 g/mol. The Morgan fingerprint density at radius 3 is 2.56 bits per heavy atom. The number of hydrogen-bond acceptors (Lipinski definition) is 0. The van der Waals surface area contributed by atoms with E-state index >= 15 is 0 Å². The van der Waals surface area contributed by atoms with E-state index in [0.717, 1.165) is 19.0 Å². The molecule has 1 aromatic rings. The predicted octanol–water partition coefficient (Wildman–Crippen LogP) is 4.20. The molecule has 3 rings (SSSR count). The summed E-state index contributed by atoms with van der Waals surface area (Å²) in [5.74, 6) is 0. The minimum absolute atomic E-state index is 0.793. The van der Waals surface area contributed by atoms with E-state index in [0.29, 0.717) is 0 Å². The van der Waals surface area contributed by atoms with Crippen LogP contribution in [-0.4, -0.2) is 16.4 Å². The van der Waals surface area contributed by atoms with Crippen molar-refractivity contribution in [3.8, 4) is 0 Å². The number of hydrogen-bond donors (Lipinski definition) is 0. The quantitative estimate of drug-likeness (QED) is 0.685. The fourth-order valence-corrected chi connectivity index (χ4v) is 3.20. The van der Waals surface area contributed by atoms with Crippen molar-refractivity contribution in [2.75, 3.05) is 0 Å². The molecule has 1 nitrogen and oxygen atoms in total. The highest BCUT2D eigenvalue weighted by Crippen LogP contribution is 2.32. The highest BCUT2D eigenvalue weighted by atomic mass is 31.0. The number of aryl methyl sites for hydroxylation is 1. The Morgan fingerprint density at radius 2 is 1.94 bits per heavy atom. The molecule has 1 saturated carbocycles. The zero-order valence-electron chi connectivity index (χ0n) is 11.8. The highest BCUT2D eigenvalue weighted by molar-refractivity contribution is 7.20. The largest absolute Gasteiger partial charge is 0.267 e. The number of fused-ring (bicyclic) bond motifs is 1. The van der Waals surface area contributed by atoms with Gasteiger partial charge < -0.3 is 0 Å². The molecule has 0 atom stereocenters. The van der Waals surface area contributed by atoms with Gasteiger partial charge in [0.2, 0.25) is 0 Å².